The van der Waals surface area contributed by atoms with Crippen molar-refractivity contribution in [1.29, 1.82) is 0 Å². The number of nitrogens with two attached hydrogens (primary N) is 1. The minimum absolute atomic E-state index is 0.0578. The van der Waals surface area contributed by atoms with Crippen molar-refractivity contribution >= 4 is 21.9 Å². The van der Waals surface area contributed by atoms with Crippen molar-refractivity contribution in [3.8, 4) is 5.75 Å². The summed E-state index contributed by atoms with van der Waals surface area (Å²) < 4.78 is 6.42. The largest absolute Gasteiger partial charge is 0.545 e. The summed E-state index contributed by atoms with van der Waals surface area (Å²) in [6, 6.07) is 14.7. The SMILES string of the molecule is O=C([O-])c1cc(Br)cc2c1O[C@@H]1CC=C[C@H]21.OC[C@@H]1CCCC[C@@H]1[NH2+]Cc1ccccc1. The number of halogens is 1. The van der Waals surface area contributed by atoms with Crippen LogP contribution in [0.15, 0.2) is 59.1 Å². The molecule has 0 spiro atoms. The summed E-state index contributed by atoms with van der Waals surface area (Å²) in [5.74, 6) is -0.0212. The van der Waals surface area contributed by atoms with Crippen LogP contribution in [0.1, 0.15) is 59.5 Å². The molecule has 0 radical (unpaired) electrons. The van der Waals surface area contributed by atoms with Gasteiger partial charge in [0.25, 0.3) is 0 Å². The molecule has 5 nitrogen and oxygen atoms in total. The lowest BCUT2D eigenvalue weighted by Crippen LogP contribution is -2.90. The van der Waals surface area contributed by atoms with E-state index in [9.17, 15) is 15.0 Å². The Morgan fingerprint density at radius 3 is 2.72 bits per heavy atom. The van der Waals surface area contributed by atoms with Crippen LogP contribution in [0.5, 0.6) is 5.75 Å². The summed E-state index contributed by atoms with van der Waals surface area (Å²) in [4.78, 5) is 11.0. The molecule has 5 rings (SSSR count). The summed E-state index contributed by atoms with van der Waals surface area (Å²) in [6.45, 7) is 1.40. The molecule has 0 aromatic heterocycles. The normalized spacial score (nSPS) is 25.3. The second-order valence-corrected chi connectivity index (χ2v) is 9.74. The number of aliphatic hydroxyl groups is 1. The number of carboxylic acid groups (broad SMARTS) is 1. The van der Waals surface area contributed by atoms with Crippen LogP contribution in [0.25, 0.3) is 0 Å². The summed E-state index contributed by atoms with van der Waals surface area (Å²) in [5, 5.41) is 22.8. The van der Waals surface area contributed by atoms with E-state index in [-0.39, 0.29) is 17.6 Å². The van der Waals surface area contributed by atoms with E-state index in [0.717, 1.165) is 23.0 Å². The number of aromatic carboxylic acids is 1. The van der Waals surface area contributed by atoms with E-state index in [4.69, 9.17) is 4.74 Å². The first kappa shape index (κ1) is 23.0. The van der Waals surface area contributed by atoms with Gasteiger partial charge < -0.3 is 25.1 Å². The monoisotopic (exact) mass is 499 g/mol. The summed E-state index contributed by atoms with van der Waals surface area (Å²) in [6.07, 6.45) is 10.1. The first-order valence-corrected chi connectivity index (χ1v) is 12.2. The van der Waals surface area contributed by atoms with Gasteiger partial charge in [-0.3, -0.25) is 0 Å². The van der Waals surface area contributed by atoms with Crippen LogP contribution in [-0.4, -0.2) is 29.8 Å². The molecule has 1 saturated carbocycles. The predicted molar refractivity (Wildman–Crippen MR) is 124 cm³/mol. The first-order valence-electron chi connectivity index (χ1n) is 11.4. The number of fused-ring (bicyclic) bond motifs is 3. The fraction of sp³-hybridized carbons (Fsp3) is 0.423. The van der Waals surface area contributed by atoms with Crippen molar-refractivity contribution in [2.24, 2.45) is 5.92 Å². The van der Waals surface area contributed by atoms with Crippen LogP contribution >= 0.6 is 15.9 Å². The van der Waals surface area contributed by atoms with Crippen LogP contribution in [0.3, 0.4) is 0 Å². The Kier molecular flexibility index (Phi) is 7.66. The Hall–Kier alpha value is -2.15. The van der Waals surface area contributed by atoms with E-state index in [2.05, 4.69) is 63.7 Å². The van der Waals surface area contributed by atoms with Gasteiger partial charge in [-0.1, -0.05) is 64.8 Å². The summed E-state index contributed by atoms with van der Waals surface area (Å²) in [7, 11) is 0. The van der Waals surface area contributed by atoms with Gasteiger partial charge in [0.15, 0.2) is 0 Å². The molecule has 0 saturated heterocycles. The number of carboxylic acids is 1. The van der Waals surface area contributed by atoms with Crippen molar-refractivity contribution in [2.45, 2.75) is 56.7 Å². The number of carbonyl (C=O) groups is 1. The van der Waals surface area contributed by atoms with Gasteiger partial charge in [-0.05, 0) is 31.4 Å². The van der Waals surface area contributed by atoms with Gasteiger partial charge >= 0.3 is 0 Å². The third-order valence-corrected chi connectivity index (χ3v) is 7.20. The topological polar surface area (TPSA) is 86.2 Å². The van der Waals surface area contributed by atoms with Crippen LogP contribution in [-0.2, 0) is 6.54 Å². The lowest BCUT2D eigenvalue weighted by Gasteiger charge is -2.28. The number of quaternary nitrogens is 1. The van der Waals surface area contributed by atoms with Gasteiger partial charge in [-0.25, -0.2) is 0 Å². The molecule has 1 aliphatic heterocycles. The number of carbonyl (C=O) groups excluding carboxylic acids is 1. The molecule has 4 atom stereocenters. The molecule has 2 aromatic carbocycles. The molecule has 2 aliphatic carbocycles. The quantitative estimate of drug-likeness (QED) is 0.619. The Morgan fingerprint density at radius 1 is 1.19 bits per heavy atom. The molecular formula is C26H30BrNO4. The lowest BCUT2D eigenvalue weighted by atomic mass is 9.85. The van der Waals surface area contributed by atoms with Crippen molar-refractivity contribution < 1.29 is 25.1 Å². The van der Waals surface area contributed by atoms with Crippen molar-refractivity contribution in [2.75, 3.05) is 6.61 Å². The maximum absolute atomic E-state index is 11.0. The highest BCUT2D eigenvalue weighted by Crippen LogP contribution is 2.46. The molecule has 0 bridgehead atoms. The van der Waals surface area contributed by atoms with Gasteiger partial charge in [0.1, 0.15) is 18.4 Å². The standard InChI is InChI=1S/C14H21NO.C12H9BrO3/c16-11-13-8-4-5-9-14(13)15-10-12-6-2-1-3-7-12;13-6-4-8-7-2-1-3-10(7)16-11(8)9(5-6)12(14)15/h1-3,6-7,13-16H,4-5,8-11H2;1-2,4-5,7,10H,3H2,(H,14,15)/t13-,14-;7-,10-/m01/s1. The molecule has 3 N–H and O–H groups in total. The zero-order chi connectivity index (χ0) is 22.5. The maximum atomic E-state index is 11.0. The fourth-order valence-electron chi connectivity index (χ4n) is 5.03. The van der Waals surface area contributed by atoms with E-state index < -0.39 is 5.97 Å². The number of aliphatic hydroxyl groups excluding tert-OH is 1. The Bertz CT molecular complexity index is 962. The molecule has 0 amide bonds. The van der Waals surface area contributed by atoms with Gasteiger partial charge in [-0.15, -0.1) is 0 Å². The highest BCUT2D eigenvalue weighted by atomic mass is 79.9. The first-order chi connectivity index (χ1) is 15.6. The lowest BCUT2D eigenvalue weighted by molar-refractivity contribution is -0.713. The molecule has 1 heterocycles. The molecule has 1 fully saturated rings. The van der Waals surface area contributed by atoms with Gasteiger partial charge in [0, 0.05) is 39.4 Å². The van der Waals surface area contributed by atoms with E-state index in [1.165, 1.54) is 37.3 Å². The number of ether oxygens (including phenoxy) is 1. The minimum atomic E-state index is -1.19. The van der Waals surface area contributed by atoms with E-state index in [0.29, 0.717) is 24.3 Å². The Labute approximate surface area is 197 Å². The Morgan fingerprint density at radius 2 is 1.97 bits per heavy atom. The molecule has 3 aliphatic rings. The van der Waals surface area contributed by atoms with Gasteiger partial charge in [0.05, 0.1) is 18.6 Å². The van der Waals surface area contributed by atoms with E-state index >= 15 is 0 Å². The van der Waals surface area contributed by atoms with Crippen LogP contribution in [0.2, 0.25) is 0 Å². The highest BCUT2D eigenvalue weighted by molar-refractivity contribution is 9.10. The summed E-state index contributed by atoms with van der Waals surface area (Å²) in [5.41, 5.74) is 2.45. The summed E-state index contributed by atoms with van der Waals surface area (Å²) >= 11 is 3.31. The third kappa shape index (κ3) is 5.25. The third-order valence-electron chi connectivity index (χ3n) is 6.74. The minimum Gasteiger partial charge on any atom is -0.545 e. The molecule has 170 valence electrons. The van der Waals surface area contributed by atoms with Gasteiger partial charge in [0.2, 0.25) is 0 Å². The fourth-order valence-corrected chi connectivity index (χ4v) is 5.50. The van der Waals surface area contributed by atoms with Gasteiger partial charge in [-0.2, -0.15) is 0 Å². The van der Waals surface area contributed by atoms with Crippen molar-refractivity contribution in [1.82, 2.24) is 0 Å². The number of hydrogen-bond acceptors (Lipinski definition) is 4. The molecule has 2 aromatic rings. The predicted octanol–water partition coefficient (Wildman–Crippen LogP) is 2.92. The average molecular weight is 500 g/mol. The molecule has 6 heteroatoms. The number of rotatable bonds is 5. The maximum Gasteiger partial charge on any atom is 0.132 e. The number of benzene rings is 2. The molecule has 0 unspecified atom stereocenters. The zero-order valence-corrected chi connectivity index (χ0v) is 19.7. The average Bonchev–Trinajstić information content (AvgIpc) is 3.40. The molecule has 32 heavy (non-hydrogen) atoms. The zero-order valence-electron chi connectivity index (χ0n) is 18.1. The second kappa shape index (κ2) is 10.6. The van der Waals surface area contributed by atoms with E-state index in [1.54, 1.807) is 0 Å². The van der Waals surface area contributed by atoms with Crippen LogP contribution in [0.4, 0.5) is 0 Å². The van der Waals surface area contributed by atoms with E-state index in [1.807, 2.05) is 6.07 Å². The highest BCUT2D eigenvalue weighted by Gasteiger charge is 2.36. The Balaban J connectivity index is 0.000000153. The second-order valence-electron chi connectivity index (χ2n) is 8.82. The van der Waals surface area contributed by atoms with Crippen LogP contribution in [0, 0.1) is 5.92 Å². The van der Waals surface area contributed by atoms with Crippen molar-refractivity contribution in [3.63, 3.8) is 0 Å². The molecular weight excluding hydrogens is 470 g/mol. The van der Waals surface area contributed by atoms with Crippen LogP contribution < -0.4 is 15.2 Å². The number of hydrogen-bond donors (Lipinski definition) is 2. The van der Waals surface area contributed by atoms with Crippen molar-refractivity contribution in [3.05, 3.63) is 75.8 Å². The smallest absolute Gasteiger partial charge is 0.132 e.